The number of hydrogen-bond donors (Lipinski definition) is 1. The molecule has 0 radical (unpaired) electrons. The molecule has 94 valence electrons. The van der Waals surface area contributed by atoms with E-state index in [0.717, 1.165) is 21.5 Å². The highest BCUT2D eigenvalue weighted by Gasteiger charge is 2.14. The Morgan fingerprint density at radius 3 is 2.76 bits per heavy atom. The summed E-state index contributed by atoms with van der Waals surface area (Å²) in [5.74, 6) is 1.07. The third kappa shape index (κ3) is 3.86. The first kappa shape index (κ1) is 14.8. The van der Waals surface area contributed by atoms with Crippen molar-refractivity contribution in [2.24, 2.45) is 5.73 Å². The Kier molecular flexibility index (Phi) is 5.76. The highest BCUT2D eigenvalue weighted by atomic mass is 79.9. The number of halogens is 1. The molecule has 1 rings (SSSR count). The van der Waals surface area contributed by atoms with E-state index in [-0.39, 0.29) is 0 Å². The molecule has 0 spiro atoms. The number of nitrogens with zero attached hydrogens (tertiary/aromatic N) is 1. The van der Waals surface area contributed by atoms with Gasteiger partial charge in [0.1, 0.15) is 4.99 Å². The van der Waals surface area contributed by atoms with Gasteiger partial charge in [-0.25, -0.2) is 0 Å². The molecule has 0 heterocycles. The molecule has 0 aromatic heterocycles. The molecular formula is C12H17BrN2S2. The molecule has 1 aromatic carbocycles. The van der Waals surface area contributed by atoms with Crippen LogP contribution < -0.4 is 10.6 Å². The van der Waals surface area contributed by atoms with Crippen molar-refractivity contribution in [1.82, 2.24) is 0 Å². The van der Waals surface area contributed by atoms with Gasteiger partial charge in [0.25, 0.3) is 0 Å². The summed E-state index contributed by atoms with van der Waals surface area (Å²) in [5, 5.41) is 0. The molecule has 0 saturated heterocycles. The fourth-order valence-electron chi connectivity index (χ4n) is 1.60. The van der Waals surface area contributed by atoms with E-state index in [2.05, 4.69) is 47.1 Å². The Balaban J connectivity index is 3.08. The quantitative estimate of drug-likeness (QED) is 0.838. The minimum Gasteiger partial charge on any atom is -0.389 e. The van der Waals surface area contributed by atoms with Crippen molar-refractivity contribution in [2.75, 3.05) is 24.0 Å². The molecule has 17 heavy (non-hydrogen) atoms. The van der Waals surface area contributed by atoms with E-state index in [1.807, 2.05) is 23.9 Å². The van der Waals surface area contributed by atoms with E-state index in [1.54, 1.807) is 0 Å². The van der Waals surface area contributed by atoms with Crippen LogP contribution in [0.4, 0.5) is 5.69 Å². The molecule has 1 atom stereocenters. The fourth-order valence-corrected chi connectivity index (χ4v) is 2.83. The van der Waals surface area contributed by atoms with Crippen LogP contribution in [-0.2, 0) is 0 Å². The van der Waals surface area contributed by atoms with Crippen molar-refractivity contribution in [3.63, 3.8) is 0 Å². The lowest BCUT2D eigenvalue weighted by atomic mass is 10.1. The summed E-state index contributed by atoms with van der Waals surface area (Å²) in [5.41, 5.74) is 7.78. The number of thiocarbonyl (C=S) groups is 1. The van der Waals surface area contributed by atoms with Gasteiger partial charge in [-0.15, -0.1) is 0 Å². The topological polar surface area (TPSA) is 29.3 Å². The van der Waals surface area contributed by atoms with Crippen LogP contribution in [0.5, 0.6) is 0 Å². The molecule has 1 aromatic rings. The van der Waals surface area contributed by atoms with Gasteiger partial charge in [0, 0.05) is 34.6 Å². The molecule has 0 fully saturated rings. The van der Waals surface area contributed by atoms with Crippen molar-refractivity contribution in [2.45, 2.75) is 13.0 Å². The van der Waals surface area contributed by atoms with Gasteiger partial charge in [0.2, 0.25) is 0 Å². The number of thioether (sulfide) groups is 1. The van der Waals surface area contributed by atoms with Crippen molar-refractivity contribution in [3.8, 4) is 0 Å². The molecule has 0 aliphatic carbocycles. The summed E-state index contributed by atoms with van der Waals surface area (Å²) in [6, 6.07) is 6.48. The van der Waals surface area contributed by atoms with Gasteiger partial charge >= 0.3 is 0 Å². The molecule has 0 saturated carbocycles. The van der Waals surface area contributed by atoms with Crippen molar-refractivity contribution >= 4 is 50.6 Å². The SMILES string of the molecule is CSCC(C)N(C)c1ccc(Br)cc1C(N)=S. The van der Waals surface area contributed by atoms with Crippen LogP contribution in [0.2, 0.25) is 0 Å². The lowest BCUT2D eigenvalue weighted by Crippen LogP contribution is -2.32. The molecular weight excluding hydrogens is 316 g/mol. The Bertz CT molecular complexity index is 409. The first-order chi connectivity index (χ1) is 7.97. The van der Waals surface area contributed by atoms with Crippen molar-refractivity contribution in [1.29, 1.82) is 0 Å². The molecule has 2 nitrogen and oxygen atoms in total. The summed E-state index contributed by atoms with van der Waals surface area (Å²) in [6.45, 7) is 2.20. The Labute approximate surface area is 121 Å². The van der Waals surface area contributed by atoms with Crippen LogP contribution >= 0.6 is 39.9 Å². The normalized spacial score (nSPS) is 12.2. The Morgan fingerprint density at radius 2 is 2.24 bits per heavy atom. The molecule has 0 amide bonds. The zero-order valence-corrected chi connectivity index (χ0v) is 13.5. The Hall–Kier alpha value is -0.260. The first-order valence-electron chi connectivity index (χ1n) is 5.28. The van der Waals surface area contributed by atoms with Crippen LogP contribution in [0.1, 0.15) is 12.5 Å². The predicted octanol–water partition coefficient (Wildman–Crippen LogP) is 3.27. The van der Waals surface area contributed by atoms with Crippen molar-refractivity contribution in [3.05, 3.63) is 28.2 Å². The van der Waals surface area contributed by atoms with Gasteiger partial charge in [-0.3, -0.25) is 0 Å². The average molecular weight is 333 g/mol. The second-order valence-electron chi connectivity index (χ2n) is 3.94. The standard InChI is InChI=1S/C12H17BrN2S2/c1-8(7-17-3)15(2)11-5-4-9(13)6-10(11)12(14)16/h4-6,8H,7H2,1-3H3,(H2,14,16). The minimum absolute atomic E-state index is 0.435. The minimum atomic E-state index is 0.435. The second kappa shape index (κ2) is 6.61. The maximum absolute atomic E-state index is 5.77. The number of anilines is 1. The first-order valence-corrected chi connectivity index (χ1v) is 7.88. The summed E-state index contributed by atoms with van der Waals surface area (Å²) in [6.07, 6.45) is 2.11. The molecule has 1 unspecified atom stereocenters. The summed E-state index contributed by atoms with van der Waals surface area (Å²) in [7, 11) is 2.08. The van der Waals surface area contributed by atoms with Crippen LogP contribution in [0.15, 0.2) is 22.7 Å². The van der Waals surface area contributed by atoms with Gasteiger partial charge in [-0.05, 0) is 31.4 Å². The van der Waals surface area contributed by atoms with Gasteiger partial charge in [0.15, 0.2) is 0 Å². The van der Waals surface area contributed by atoms with Crippen LogP contribution in [0, 0.1) is 0 Å². The molecule has 2 N–H and O–H groups in total. The third-order valence-corrected chi connectivity index (χ3v) is 4.20. The predicted molar refractivity (Wildman–Crippen MR) is 86.3 cm³/mol. The molecule has 0 aliphatic rings. The van der Waals surface area contributed by atoms with Crippen LogP contribution in [-0.4, -0.2) is 30.1 Å². The number of hydrogen-bond acceptors (Lipinski definition) is 3. The summed E-state index contributed by atoms with van der Waals surface area (Å²) >= 11 is 10.4. The summed E-state index contributed by atoms with van der Waals surface area (Å²) in [4.78, 5) is 2.65. The average Bonchev–Trinajstić information content (AvgIpc) is 2.28. The van der Waals surface area contributed by atoms with E-state index >= 15 is 0 Å². The van der Waals surface area contributed by atoms with Gasteiger partial charge in [-0.1, -0.05) is 28.1 Å². The van der Waals surface area contributed by atoms with E-state index < -0.39 is 0 Å². The lowest BCUT2D eigenvalue weighted by Gasteiger charge is -2.28. The van der Waals surface area contributed by atoms with E-state index in [1.165, 1.54) is 0 Å². The maximum atomic E-state index is 5.77. The van der Waals surface area contributed by atoms with Gasteiger partial charge in [-0.2, -0.15) is 11.8 Å². The van der Waals surface area contributed by atoms with Crippen molar-refractivity contribution < 1.29 is 0 Å². The second-order valence-corrected chi connectivity index (χ2v) is 6.21. The highest BCUT2D eigenvalue weighted by Crippen LogP contribution is 2.25. The third-order valence-electron chi connectivity index (χ3n) is 2.67. The monoisotopic (exact) mass is 332 g/mol. The fraction of sp³-hybridized carbons (Fsp3) is 0.417. The molecule has 0 aliphatic heterocycles. The zero-order chi connectivity index (χ0) is 13.0. The zero-order valence-electron chi connectivity index (χ0n) is 10.2. The lowest BCUT2D eigenvalue weighted by molar-refractivity contribution is 0.765. The van der Waals surface area contributed by atoms with E-state index in [0.29, 0.717) is 11.0 Å². The number of nitrogens with two attached hydrogens (primary N) is 1. The van der Waals surface area contributed by atoms with E-state index in [4.69, 9.17) is 18.0 Å². The molecule has 5 heteroatoms. The summed E-state index contributed by atoms with van der Waals surface area (Å²) < 4.78 is 0.995. The Morgan fingerprint density at radius 1 is 1.59 bits per heavy atom. The smallest absolute Gasteiger partial charge is 0.106 e. The number of rotatable bonds is 5. The highest BCUT2D eigenvalue weighted by molar-refractivity contribution is 9.10. The van der Waals surface area contributed by atoms with Crippen LogP contribution in [0.3, 0.4) is 0 Å². The maximum Gasteiger partial charge on any atom is 0.106 e. The van der Waals surface area contributed by atoms with Gasteiger partial charge < -0.3 is 10.6 Å². The van der Waals surface area contributed by atoms with Crippen LogP contribution in [0.25, 0.3) is 0 Å². The number of benzene rings is 1. The van der Waals surface area contributed by atoms with E-state index in [9.17, 15) is 0 Å². The van der Waals surface area contributed by atoms with Gasteiger partial charge in [0.05, 0.1) is 0 Å². The largest absolute Gasteiger partial charge is 0.389 e. The molecule has 0 bridgehead atoms.